The van der Waals surface area contributed by atoms with E-state index in [1.54, 1.807) is 9.80 Å². The average molecular weight is 491 g/mol. The summed E-state index contributed by atoms with van der Waals surface area (Å²) in [6.07, 6.45) is 1.29. The number of piperidine rings is 4. The van der Waals surface area contributed by atoms with Crippen LogP contribution in [0.1, 0.15) is 55.8 Å². The molecule has 2 amide bonds. The summed E-state index contributed by atoms with van der Waals surface area (Å²) >= 11 is 0. The van der Waals surface area contributed by atoms with Gasteiger partial charge in [-0.3, -0.25) is 4.79 Å². The van der Waals surface area contributed by atoms with Gasteiger partial charge in [0, 0.05) is 65.4 Å². The minimum Gasteiger partial charge on any atom is -1.00 e. The first-order chi connectivity index (χ1) is 14.7. The van der Waals surface area contributed by atoms with Crippen molar-refractivity contribution >= 4 is 26.4 Å². The summed E-state index contributed by atoms with van der Waals surface area (Å²) in [4.78, 5) is 38.1. The van der Waals surface area contributed by atoms with Gasteiger partial charge in [-0.2, -0.15) is 0 Å². The Bertz CT molecular complexity index is 691. The monoisotopic (exact) mass is 491 g/mol. The quantitative estimate of drug-likeness (QED) is 0.419. The Hall–Kier alpha value is -0.805. The smallest absolute Gasteiger partial charge is 1.00 e. The van der Waals surface area contributed by atoms with Crippen LogP contribution in [0.15, 0.2) is 0 Å². The van der Waals surface area contributed by atoms with Gasteiger partial charge in [0.15, 0.2) is 0 Å². The fourth-order valence-corrected chi connectivity index (χ4v) is 4.50. The molecule has 4 unspecified atom stereocenters. The largest absolute Gasteiger partial charge is 1.00 e. The predicted octanol–water partition coefficient (Wildman–Crippen LogP) is -0.979. The fourth-order valence-electron chi connectivity index (χ4n) is 4.50. The molecule has 9 nitrogen and oxygen atoms in total. The molecule has 4 heterocycles. The number of rotatable bonds is 0. The van der Waals surface area contributed by atoms with E-state index in [1.807, 2.05) is 41.5 Å². The van der Waals surface area contributed by atoms with Gasteiger partial charge in [0.1, 0.15) is 17.0 Å². The number of fused-ring (bicyclic) bond motifs is 4. The van der Waals surface area contributed by atoms with E-state index in [0.29, 0.717) is 32.0 Å². The number of nitrogens with zero attached hydrogens (tertiary/aromatic N) is 2. The van der Waals surface area contributed by atoms with E-state index in [-0.39, 0.29) is 81.4 Å². The van der Waals surface area contributed by atoms with E-state index in [9.17, 15) is 19.5 Å². The van der Waals surface area contributed by atoms with Gasteiger partial charge < -0.3 is 30.9 Å². The second kappa shape index (κ2) is 12.9. The molecule has 2 saturated carbocycles. The van der Waals surface area contributed by atoms with Crippen molar-refractivity contribution in [2.45, 2.75) is 71.7 Å². The molecule has 4 saturated heterocycles. The number of carbonyl (C=O) groups is 3. The van der Waals surface area contributed by atoms with Crippen molar-refractivity contribution in [2.75, 3.05) is 33.3 Å². The summed E-state index contributed by atoms with van der Waals surface area (Å²) in [5.74, 6) is 1.04. The van der Waals surface area contributed by atoms with E-state index in [2.05, 4.69) is 0 Å². The van der Waals surface area contributed by atoms with Gasteiger partial charge in [0.2, 0.25) is 0 Å². The van der Waals surface area contributed by atoms with E-state index in [4.69, 9.17) is 14.6 Å². The number of ether oxygens (including phenoxy) is 2. The normalized spacial score (nSPS) is 28.6. The number of carbonyl (C=O) groups excluding carboxylic acids is 3. The first-order valence-corrected chi connectivity index (χ1v) is 11.4. The van der Waals surface area contributed by atoms with Gasteiger partial charge in [0.05, 0.1) is 6.10 Å². The third kappa shape index (κ3) is 8.69. The molecule has 2 aliphatic carbocycles. The molecular formula is C23H41BN2NaO7. The molecule has 0 aromatic carbocycles. The topological polar surface area (TPSA) is 117 Å². The maximum atomic E-state index is 11.7. The fraction of sp³-hybridized carbons (Fsp3) is 0.870. The molecule has 3 radical (unpaired) electrons. The molecule has 2 N–H and O–H groups in total. The van der Waals surface area contributed by atoms with Crippen LogP contribution in [0.25, 0.3) is 0 Å². The van der Waals surface area contributed by atoms with Gasteiger partial charge in [-0.05, 0) is 54.4 Å². The standard InChI is InChI=1S/C11H19NO3.C11H17NO3.CH4O.B.Na.H/c2*1-11(2,3)15-10(14)12-5-7-4-8(6-12)9(7)13;1-2;;;/h7-9,13H,4-6H2,1-3H3;7-8H,4-6H2,1-3H3;2H,1H3;;;/q;;;;+1;-1. The Balaban J connectivity index is 0. The Morgan fingerprint density at radius 2 is 1.18 bits per heavy atom. The number of hydrogen-bond acceptors (Lipinski definition) is 7. The molecular weight excluding hydrogens is 450 g/mol. The van der Waals surface area contributed by atoms with Crippen LogP contribution >= 0.6 is 0 Å². The molecule has 6 rings (SSSR count). The summed E-state index contributed by atoms with van der Waals surface area (Å²) in [7, 11) is 1.00. The van der Waals surface area contributed by atoms with E-state index >= 15 is 0 Å². The van der Waals surface area contributed by atoms with Crippen molar-refractivity contribution in [3.63, 3.8) is 0 Å². The molecule has 0 spiro atoms. The molecule has 4 bridgehead atoms. The SMILES string of the molecule is CC(C)(C)OC(=O)N1CC2CC(C1)C2=O.CC(C)(C)OC(=O)N1CC2CC(C1)C2O.CO.[B].[H-].[Na+]. The number of ketones is 1. The van der Waals surface area contributed by atoms with Crippen LogP contribution in [0.5, 0.6) is 0 Å². The molecule has 0 aromatic heterocycles. The van der Waals surface area contributed by atoms with E-state index < -0.39 is 11.2 Å². The first kappa shape index (κ1) is 33.2. The van der Waals surface area contributed by atoms with Crippen LogP contribution in [-0.4, -0.2) is 97.0 Å². The minimum atomic E-state index is -0.456. The van der Waals surface area contributed by atoms with Crippen molar-refractivity contribution in [1.82, 2.24) is 9.80 Å². The molecule has 189 valence electrons. The third-order valence-electron chi connectivity index (χ3n) is 6.04. The van der Waals surface area contributed by atoms with Crippen molar-refractivity contribution in [1.29, 1.82) is 0 Å². The van der Waals surface area contributed by atoms with E-state index in [1.165, 1.54) is 0 Å². The molecule has 4 aliphatic heterocycles. The van der Waals surface area contributed by atoms with Crippen LogP contribution in [0.3, 0.4) is 0 Å². The van der Waals surface area contributed by atoms with Gasteiger partial charge in [-0.25, -0.2) is 9.59 Å². The van der Waals surface area contributed by atoms with Crippen LogP contribution < -0.4 is 29.6 Å². The summed E-state index contributed by atoms with van der Waals surface area (Å²) in [5.41, 5.74) is -0.889. The summed E-state index contributed by atoms with van der Waals surface area (Å²) in [6, 6.07) is 0. The molecule has 6 aliphatic rings. The number of amides is 2. The zero-order valence-corrected chi connectivity index (χ0v) is 24.0. The van der Waals surface area contributed by atoms with Crippen molar-refractivity contribution in [3.8, 4) is 0 Å². The van der Waals surface area contributed by atoms with Gasteiger partial charge in [-0.15, -0.1) is 0 Å². The summed E-state index contributed by atoms with van der Waals surface area (Å²) in [6.45, 7) is 13.5. The molecule has 0 aromatic rings. The zero-order chi connectivity index (χ0) is 24.4. The van der Waals surface area contributed by atoms with Gasteiger partial charge in [-0.1, -0.05) is 0 Å². The van der Waals surface area contributed by atoms with Crippen LogP contribution in [0.2, 0.25) is 0 Å². The molecule has 4 atom stereocenters. The maximum absolute atomic E-state index is 11.7. The zero-order valence-electron chi connectivity index (χ0n) is 23.0. The second-order valence-corrected chi connectivity index (χ2v) is 11.0. The van der Waals surface area contributed by atoms with Crippen LogP contribution in [0.4, 0.5) is 9.59 Å². The molecule has 6 fully saturated rings. The Kier molecular flexibility index (Phi) is 12.6. The first-order valence-electron chi connectivity index (χ1n) is 11.4. The summed E-state index contributed by atoms with van der Waals surface area (Å²) in [5, 5.41) is 16.6. The average Bonchev–Trinajstić information content (AvgIpc) is 2.72. The van der Waals surface area contributed by atoms with Gasteiger partial charge in [0.25, 0.3) is 0 Å². The Morgan fingerprint density at radius 1 is 0.824 bits per heavy atom. The third-order valence-corrected chi connectivity index (χ3v) is 6.04. The minimum absolute atomic E-state index is 0. The second-order valence-electron chi connectivity index (χ2n) is 11.0. The number of aliphatic hydroxyl groups excluding tert-OH is 2. The number of Topliss-reactive ketones (excluding diaryl/α,β-unsaturated/α-hetero) is 1. The number of aliphatic hydroxyl groups is 2. The predicted molar refractivity (Wildman–Crippen MR) is 125 cm³/mol. The molecule has 34 heavy (non-hydrogen) atoms. The van der Waals surface area contributed by atoms with Gasteiger partial charge >= 0.3 is 41.7 Å². The van der Waals surface area contributed by atoms with Crippen LogP contribution in [0, 0.1) is 23.7 Å². The van der Waals surface area contributed by atoms with Crippen molar-refractivity contribution < 1.29 is 65.1 Å². The van der Waals surface area contributed by atoms with E-state index in [0.717, 1.165) is 20.0 Å². The Morgan fingerprint density at radius 3 is 1.47 bits per heavy atom. The maximum Gasteiger partial charge on any atom is 1.00 e. The molecule has 11 heteroatoms. The Labute approximate surface area is 229 Å². The summed E-state index contributed by atoms with van der Waals surface area (Å²) < 4.78 is 10.5. The van der Waals surface area contributed by atoms with Crippen molar-refractivity contribution in [3.05, 3.63) is 0 Å². The van der Waals surface area contributed by atoms with Crippen LogP contribution in [-0.2, 0) is 14.3 Å². The number of hydrogen-bond donors (Lipinski definition) is 2. The van der Waals surface area contributed by atoms with Crippen molar-refractivity contribution in [2.24, 2.45) is 23.7 Å².